The molecule has 0 aliphatic heterocycles. The van der Waals surface area contributed by atoms with Crippen molar-refractivity contribution in [2.45, 2.75) is 44.6 Å². The Morgan fingerprint density at radius 1 is 1.23 bits per heavy atom. The van der Waals surface area contributed by atoms with Crippen molar-refractivity contribution in [3.8, 4) is 11.4 Å². The van der Waals surface area contributed by atoms with Crippen LogP contribution in [0.15, 0.2) is 33.8 Å². The Kier molecular flexibility index (Phi) is 4.12. The number of hydrogen-bond acceptors (Lipinski definition) is 7. The molecule has 3 aromatic heterocycles. The minimum Gasteiger partial charge on any atom is -0.339 e. The lowest BCUT2D eigenvalue weighted by Crippen LogP contribution is -2.34. The van der Waals surface area contributed by atoms with E-state index >= 15 is 0 Å². The molecule has 3 N–H and O–H groups in total. The number of nitrogens with zero attached hydrogens (tertiary/aromatic N) is 4. The van der Waals surface area contributed by atoms with Crippen molar-refractivity contribution in [1.29, 1.82) is 0 Å². The normalized spacial score (nSPS) is 16.1. The number of aromatic nitrogens is 5. The van der Waals surface area contributed by atoms with E-state index in [4.69, 9.17) is 10.3 Å². The van der Waals surface area contributed by atoms with Gasteiger partial charge in [-0.1, -0.05) is 18.0 Å². The average molecular weight is 352 g/mol. The smallest absolute Gasteiger partial charge is 0.255 e. The van der Waals surface area contributed by atoms with E-state index in [0.29, 0.717) is 28.8 Å². The number of pyridine rings is 1. The van der Waals surface area contributed by atoms with Gasteiger partial charge >= 0.3 is 0 Å². The van der Waals surface area contributed by atoms with E-state index in [0.717, 1.165) is 31.2 Å². The number of aromatic amines is 1. The van der Waals surface area contributed by atoms with Crippen molar-refractivity contribution in [2.75, 3.05) is 0 Å². The molecule has 0 atom stereocenters. The molecule has 8 nitrogen and oxygen atoms in total. The number of nitrogens with two attached hydrogens (primary N) is 1. The Bertz CT molecular complexity index is 973. The second kappa shape index (κ2) is 6.45. The summed E-state index contributed by atoms with van der Waals surface area (Å²) < 4.78 is 5.34. The zero-order valence-corrected chi connectivity index (χ0v) is 14.5. The molecule has 0 radical (unpaired) electrons. The van der Waals surface area contributed by atoms with Crippen molar-refractivity contribution in [1.82, 2.24) is 25.1 Å². The van der Waals surface area contributed by atoms with Crippen molar-refractivity contribution in [3.05, 3.63) is 57.9 Å². The van der Waals surface area contributed by atoms with Gasteiger partial charge in [-0.2, -0.15) is 4.98 Å². The van der Waals surface area contributed by atoms with Gasteiger partial charge in [0.05, 0.1) is 12.0 Å². The third kappa shape index (κ3) is 3.03. The van der Waals surface area contributed by atoms with Crippen LogP contribution in [-0.2, 0) is 12.0 Å². The van der Waals surface area contributed by atoms with Gasteiger partial charge in [0.1, 0.15) is 5.82 Å². The molecule has 134 valence electrons. The first-order chi connectivity index (χ1) is 12.5. The first-order valence-corrected chi connectivity index (χ1v) is 8.67. The summed E-state index contributed by atoms with van der Waals surface area (Å²) in [6.45, 7) is 1.80. The second-order valence-electron chi connectivity index (χ2n) is 6.77. The Morgan fingerprint density at radius 3 is 2.65 bits per heavy atom. The summed E-state index contributed by atoms with van der Waals surface area (Å²) in [5.41, 5.74) is 7.58. The second-order valence-corrected chi connectivity index (χ2v) is 6.77. The molecule has 1 aliphatic rings. The predicted octanol–water partition coefficient (Wildman–Crippen LogP) is 1.84. The van der Waals surface area contributed by atoms with Crippen LogP contribution in [-0.4, -0.2) is 25.1 Å². The van der Waals surface area contributed by atoms with Gasteiger partial charge in [-0.05, 0) is 31.9 Å². The standard InChI is InChI=1S/C18H20N6O2/c1-11-13(16(25)23-15(21-11)12-4-8-20-9-5-12)10-14-22-17(24-26-14)18(19)6-2-3-7-18/h4-5,8-9H,2-3,6-7,10,19H2,1H3,(H,21,23,25). The molecule has 4 rings (SSSR count). The first-order valence-electron chi connectivity index (χ1n) is 8.67. The van der Waals surface area contributed by atoms with Crippen molar-refractivity contribution < 1.29 is 4.52 Å². The molecule has 26 heavy (non-hydrogen) atoms. The number of nitrogens with one attached hydrogen (secondary N) is 1. The Hall–Kier alpha value is -2.87. The Balaban J connectivity index is 1.61. The topological polar surface area (TPSA) is 124 Å². The van der Waals surface area contributed by atoms with E-state index in [-0.39, 0.29) is 12.0 Å². The molecular weight excluding hydrogens is 332 g/mol. The van der Waals surface area contributed by atoms with E-state index in [1.54, 1.807) is 31.5 Å². The van der Waals surface area contributed by atoms with Crippen LogP contribution in [0, 0.1) is 6.92 Å². The number of rotatable bonds is 4. The predicted molar refractivity (Wildman–Crippen MR) is 94.3 cm³/mol. The maximum absolute atomic E-state index is 12.5. The SMILES string of the molecule is Cc1nc(-c2ccncc2)[nH]c(=O)c1Cc1nc(C2(N)CCCC2)no1. The van der Waals surface area contributed by atoms with Gasteiger partial charge in [-0.3, -0.25) is 9.78 Å². The third-order valence-corrected chi connectivity index (χ3v) is 4.91. The van der Waals surface area contributed by atoms with Crippen LogP contribution in [0.4, 0.5) is 0 Å². The molecule has 0 spiro atoms. The molecule has 8 heteroatoms. The van der Waals surface area contributed by atoms with E-state index in [1.807, 2.05) is 0 Å². The Labute approximate surface area is 149 Å². The lowest BCUT2D eigenvalue weighted by atomic mass is 9.99. The fourth-order valence-corrected chi connectivity index (χ4v) is 3.37. The molecule has 0 bridgehead atoms. The minimum atomic E-state index is -0.507. The average Bonchev–Trinajstić information content (AvgIpc) is 3.29. The fourth-order valence-electron chi connectivity index (χ4n) is 3.37. The zero-order chi connectivity index (χ0) is 18.1. The monoisotopic (exact) mass is 352 g/mol. The van der Waals surface area contributed by atoms with Gasteiger partial charge in [-0.15, -0.1) is 0 Å². The highest BCUT2D eigenvalue weighted by Gasteiger charge is 2.36. The van der Waals surface area contributed by atoms with Gasteiger partial charge < -0.3 is 15.2 Å². The molecule has 0 unspecified atom stereocenters. The van der Waals surface area contributed by atoms with Gasteiger partial charge in [-0.25, -0.2) is 4.98 Å². The number of aryl methyl sites for hydroxylation is 1. The van der Waals surface area contributed by atoms with Crippen LogP contribution in [0.3, 0.4) is 0 Å². The molecule has 1 saturated carbocycles. The molecule has 0 saturated heterocycles. The highest BCUT2D eigenvalue weighted by Crippen LogP contribution is 2.34. The van der Waals surface area contributed by atoms with E-state index in [1.165, 1.54) is 0 Å². The highest BCUT2D eigenvalue weighted by atomic mass is 16.5. The molecule has 3 aromatic rings. The van der Waals surface area contributed by atoms with E-state index in [2.05, 4.69) is 25.1 Å². The molecule has 3 heterocycles. The third-order valence-electron chi connectivity index (χ3n) is 4.91. The van der Waals surface area contributed by atoms with Crippen LogP contribution in [0.1, 0.15) is 48.7 Å². The summed E-state index contributed by atoms with van der Waals surface area (Å²) in [6, 6.07) is 3.59. The van der Waals surface area contributed by atoms with Crippen LogP contribution >= 0.6 is 0 Å². The largest absolute Gasteiger partial charge is 0.339 e. The van der Waals surface area contributed by atoms with Crippen molar-refractivity contribution in [3.63, 3.8) is 0 Å². The summed E-state index contributed by atoms with van der Waals surface area (Å²) in [5.74, 6) is 1.42. The summed E-state index contributed by atoms with van der Waals surface area (Å²) >= 11 is 0. The summed E-state index contributed by atoms with van der Waals surface area (Å²) in [7, 11) is 0. The van der Waals surface area contributed by atoms with E-state index in [9.17, 15) is 4.79 Å². The number of hydrogen-bond donors (Lipinski definition) is 2. The van der Waals surface area contributed by atoms with Gasteiger partial charge in [0.2, 0.25) is 5.89 Å². The number of H-pyrrole nitrogens is 1. The first kappa shape index (κ1) is 16.6. The summed E-state index contributed by atoms with van der Waals surface area (Å²) in [4.78, 5) is 28.3. The van der Waals surface area contributed by atoms with Crippen molar-refractivity contribution >= 4 is 0 Å². The lowest BCUT2D eigenvalue weighted by Gasteiger charge is -2.17. The highest BCUT2D eigenvalue weighted by molar-refractivity contribution is 5.53. The zero-order valence-electron chi connectivity index (χ0n) is 14.5. The molecular formula is C18H20N6O2. The van der Waals surface area contributed by atoms with Gasteiger partial charge in [0, 0.05) is 29.2 Å². The molecule has 0 aromatic carbocycles. The van der Waals surface area contributed by atoms with Crippen LogP contribution in [0.25, 0.3) is 11.4 Å². The quantitative estimate of drug-likeness (QED) is 0.734. The van der Waals surface area contributed by atoms with E-state index < -0.39 is 5.54 Å². The molecule has 0 amide bonds. The van der Waals surface area contributed by atoms with Crippen LogP contribution in [0.2, 0.25) is 0 Å². The van der Waals surface area contributed by atoms with Gasteiger partial charge in [0.25, 0.3) is 5.56 Å². The molecule has 1 fully saturated rings. The minimum absolute atomic E-state index is 0.215. The molecule has 1 aliphatic carbocycles. The van der Waals surface area contributed by atoms with Crippen LogP contribution < -0.4 is 11.3 Å². The van der Waals surface area contributed by atoms with Gasteiger partial charge in [0.15, 0.2) is 5.82 Å². The Morgan fingerprint density at radius 2 is 1.96 bits per heavy atom. The lowest BCUT2D eigenvalue weighted by molar-refractivity contribution is 0.352. The maximum Gasteiger partial charge on any atom is 0.255 e. The maximum atomic E-state index is 12.5. The van der Waals surface area contributed by atoms with Crippen LogP contribution in [0.5, 0.6) is 0 Å². The summed E-state index contributed by atoms with van der Waals surface area (Å²) in [6.07, 6.45) is 7.39. The summed E-state index contributed by atoms with van der Waals surface area (Å²) in [5, 5.41) is 4.04. The van der Waals surface area contributed by atoms with Crippen molar-refractivity contribution in [2.24, 2.45) is 5.73 Å². The fraction of sp³-hybridized carbons (Fsp3) is 0.389.